The molecule has 1 aromatic heterocycles. The Labute approximate surface area is 153 Å². The summed E-state index contributed by atoms with van der Waals surface area (Å²) in [6.45, 7) is 6.31. The number of hydrogen-bond donors (Lipinski definition) is 2. The standard InChI is InChI=1S/C19H27N3O4/c1-19(2,3)16(18(25)26-4)20-17(24)15-13-9-5-6-10-14(13)22(21-15)11-7-8-12-23/h5-6,9-10,16,23H,7-8,11-12H2,1-4H3,(H,20,24)/t16-/m1/s1. The molecule has 0 saturated carbocycles. The van der Waals surface area contributed by atoms with E-state index < -0.39 is 23.3 Å². The molecule has 0 bridgehead atoms. The van der Waals surface area contributed by atoms with Gasteiger partial charge in [-0.3, -0.25) is 9.48 Å². The number of rotatable bonds is 7. The summed E-state index contributed by atoms with van der Waals surface area (Å²) in [6.07, 6.45) is 1.43. The Morgan fingerprint density at radius 2 is 1.96 bits per heavy atom. The highest BCUT2D eigenvalue weighted by atomic mass is 16.5. The molecule has 1 atom stereocenters. The molecule has 0 fully saturated rings. The van der Waals surface area contributed by atoms with Crippen molar-refractivity contribution >= 4 is 22.8 Å². The van der Waals surface area contributed by atoms with Gasteiger partial charge in [0.2, 0.25) is 0 Å². The van der Waals surface area contributed by atoms with E-state index in [-0.39, 0.29) is 12.3 Å². The third kappa shape index (κ3) is 4.40. The Morgan fingerprint density at radius 3 is 2.58 bits per heavy atom. The number of para-hydroxylation sites is 1. The number of esters is 1. The third-order valence-corrected chi connectivity index (χ3v) is 4.23. The van der Waals surface area contributed by atoms with Crippen LogP contribution in [0.1, 0.15) is 44.1 Å². The van der Waals surface area contributed by atoms with Crippen LogP contribution in [0.3, 0.4) is 0 Å². The zero-order valence-corrected chi connectivity index (χ0v) is 15.8. The van der Waals surface area contributed by atoms with E-state index in [0.29, 0.717) is 13.0 Å². The number of nitrogens with zero attached hydrogens (tertiary/aromatic N) is 2. The van der Waals surface area contributed by atoms with Gasteiger partial charge >= 0.3 is 5.97 Å². The first-order valence-electron chi connectivity index (χ1n) is 8.74. The highest BCUT2D eigenvalue weighted by Gasteiger charge is 2.34. The van der Waals surface area contributed by atoms with Crippen LogP contribution in [-0.2, 0) is 16.1 Å². The van der Waals surface area contributed by atoms with E-state index in [1.165, 1.54) is 7.11 Å². The van der Waals surface area contributed by atoms with Crippen molar-refractivity contribution in [3.05, 3.63) is 30.0 Å². The van der Waals surface area contributed by atoms with Crippen molar-refractivity contribution in [2.75, 3.05) is 13.7 Å². The number of unbranched alkanes of at least 4 members (excludes halogenated alkanes) is 1. The van der Waals surface area contributed by atoms with Gasteiger partial charge in [0.05, 0.1) is 12.6 Å². The summed E-state index contributed by atoms with van der Waals surface area (Å²) in [5.41, 5.74) is 0.631. The molecule has 0 saturated heterocycles. The van der Waals surface area contributed by atoms with Gasteiger partial charge in [-0.05, 0) is 24.3 Å². The summed E-state index contributed by atoms with van der Waals surface area (Å²) in [4.78, 5) is 24.9. The van der Waals surface area contributed by atoms with Crippen LogP contribution in [0.5, 0.6) is 0 Å². The van der Waals surface area contributed by atoms with Crippen molar-refractivity contribution in [2.45, 2.75) is 46.2 Å². The van der Waals surface area contributed by atoms with E-state index >= 15 is 0 Å². The summed E-state index contributed by atoms with van der Waals surface area (Å²) < 4.78 is 6.60. The van der Waals surface area contributed by atoms with Crippen LogP contribution in [0, 0.1) is 5.41 Å². The highest BCUT2D eigenvalue weighted by molar-refractivity contribution is 6.06. The fourth-order valence-corrected chi connectivity index (χ4v) is 2.79. The number of carbonyl (C=O) groups excluding carboxylic acids is 2. The predicted molar refractivity (Wildman–Crippen MR) is 98.8 cm³/mol. The summed E-state index contributed by atoms with van der Waals surface area (Å²) in [5, 5.41) is 16.9. The van der Waals surface area contributed by atoms with E-state index in [1.807, 2.05) is 45.0 Å². The highest BCUT2D eigenvalue weighted by Crippen LogP contribution is 2.23. The molecule has 0 aliphatic carbocycles. The van der Waals surface area contributed by atoms with Crippen molar-refractivity contribution < 1.29 is 19.4 Å². The third-order valence-electron chi connectivity index (χ3n) is 4.23. The summed E-state index contributed by atoms with van der Waals surface area (Å²) in [5.74, 6) is -0.898. The Morgan fingerprint density at radius 1 is 1.27 bits per heavy atom. The molecule has 1 heterocycles. The van der Waals surface area contributed by atoms with Gasteiger partial charge in [0.1, 0.15) is 6.04 Å². The lowest BCUT2D eigenvalue weighted by atomic mass is 9.86. The molecule has 2 N–H and O–H groups in total. The first-order chi connectivity index (χ1) is 12.3. The van der Waals surface area contributed by atoms with Gasteiger partial charge in [-0.1, -0.05) is 39.0 Å². The van der Waals surface area contributed by atoms with Gasteiger partial charge in [-0.15, -0.1) is 0 Å². The van der Waals surface area contributed by atoms with Crippen molar-refractivity contribution in [3.8, 4) is 0 Å². The minimum Gasteiger partial charge on any atom is -0.467 e. The van der Waals surface area contributed by atoms with E-state index in [9.17, 15) is 9.59 Å². The van der Waals surface area contributed by atoms with Gasteiger partial charge < -0.3 is 15.2 Å². The summed E-state index contributed by atoms with van der Waals surface area (Å²) in [7, 11) is 1.30. The molecule has 2 rings (SSSR count). The van der Waals surface area contributed by atoms with Gasteiger partial charge in [0.25, 0.3) is 5.91 Å². The number of aliphatic hydroxyl groups excluding tert-OH is 1. The molecule has 0 aliphatic heterocycles. The monoisotopic (exact) mass is 361 g/mol. The van der Waals surface area contributed by atoms with Crippen LogP contribution in [0.15, 0.2) is 24.3 Å². The number of ether oxygens (including phenoxy) is 1. The summed E-state index contributed by atoms with van der Waals surface area (Å²) >= 11 is 0. The second kappa shape index (κ2) is 8.31. The number of hydrogen-bond acceptors (Lipinski definition) is 5. The maximum Gasteiger partial charge on any atom is 0.328 e. The molecular formula is C19H27N3O4. The molecule has 0 radical (unpaired) electrons. The number of methoxy groups -OCH3 is 1. The minimum absolute atomic E-state index is 0.124. The quantitative estimate of drug-likeness (QED) is 0.582. The Kier molecular flexibility index (Phi) is 6.37. The Bertz CT molecular complexity index is 777. The molecule has 1 aromatic carbocycles. The molecule has 1 amide bonds. The molecule has 0 aliphatic rings. The van der Waals surface area contributed by atoms with Crippen LogP contribution < -0.4 is 5.32 Å². The van der Waals surface area contributed by atoms with Crippen molar-refractivity contribution in [1.82, 2.24) is 15.1 Å². The maximum absolute atomic E-state index is 12.8. The number of aromatic nitrogens is 2. The lowest BCUT2D eigenvalue weighted by Crippen LogP contribution is -2.49. The van der Waals surface area contributed by atoms with Crippen LogP contribution in [0.25, 0.3) is 10.9 Å². The molecule has 142 valence electrons. The van der Waals surface area contributed by atoms with Gasteiger partial charge in [-0.25, -0.2) is 4.79 Å². The fraction of sp³-hybridized carbons (Fsp3) is 0.526. The lowest BCUT2D eigenvalue weighted by molar-refractivity contribution is -0.145. The number of nitrogens with one attached hydrogen (secondary N) is 1. The van der Waals surface area contributed by atoms with E-state index in [4.69, 9.17) is 9.84 Å². The number of aliphatic hydroxyl groups is 1. The van der Waals surface area contributed by atoms with Crippen LogP contribution in [0.4, 0.5) is 0 Å². The fourth-order valence-electron chi connectivity index (χ4n) is 2.79. The number of benzene rings is 1. The first-order valence-corrected chi connectivity index (χ1v) is 8.74. The number of aryl methyl sites for hydroxylation is 1. The molecule has 0 unspecified atom stereocenters. The van der Waals surface area contributed by atoms with Gasteiger partial charge in [-0.2, -0.15) is 5.10 Å². The molecule has 7 heteroatoms. The van der Waals surface area contributed by atoms with E-state index in [2.05, 4.69) is 10.4 Å². The molecule has 2 aromatic rings. The molecule has 26 heavy (non-hydrogen) atoms. The second-order valence-electron chi connectivity index (χ2n) is 7.32. The average molecular weight is 361 g/mol. The smallest absolute Gasteiger partial charge is 0.328 e. The molecule has 7 nitrogen and oxygen atoms in total. The van der Waals surface area contributed by atoms with E-state index in [1.54, 1.807) is 4.68 Å². The van der Waals surface area contributed by atoms with Crippen molar-refractivity contribution in [3.63, 3.8) is 0 Å². The lowest BCUT2D eigenvalue weighted by Gasteiger charge is -2.28. The predicted octanol–water partition coefficient (Wildman–Crippen LogP) is 2.13. The Hall–Kier alpha value is -2.41. The molecule has 0 spiro atoms. The van der Waals surface area contributed by atoms with E-state index in [0.717, 1.165) is 17.3 Å². The average Bonchev–Trinajstić information content (AvgIpc) is 2.97. The zero-order valence-electron chi connectivity index (χ0n) is 15.8. The van der Waals surface area contributed by atoms with Gasteiger partial charge in [0.15, 0.2) is 5.69 Å². The SMILES string of the molecule is COC(=O)[C@@H](NC(=O)c1nn(CCCCO)c2ccccc12)C(C)(C)C. The second-order valence-corrected chi connectivity index (χ2v) is 7.32. The zero-order chi connectivity index (χ0) is 19.3. The van der Waals surface area contributed by atoms with Crippen LogP contribution in [0.2, 0.25) is 0 Å². The number of carbonyl (C=O) groups is 2. The number of amides is 1. The summed E-state index contributed by atoms with van der Waals surface area (Å²) in [6, 6.07) is 6.70. The van der Waals surface area contributed by atoms with Crippen LogP contribution >= 0.6 is 0 Å². The molecular weight excluding hydrogens is 334 g/mol. The van der Waals surface area contributed by atoms with Crippen molar-refractivity contribution in [2.24, 2.45) is 5.41 Å². The Balaban J connectivity index is 2.33. The maximum atomic E-state index is 12.8. The van der Waals surface area contributed by atoms with Gasteiger partial charge in [0, 0.05) is 18.5 Å². The normalized spacial score (nSPS) is 12.8. The number of fused-ring (bicyclic) bond motifs is 1. The first kappa shape index (κ1) is 19.9. The van der Waals surface area contributed by atoms with Crippen LogP contribution in [-0.4, -0.2) is 46.5 Å². The minimum atomic E-state index is -0.779. The topological polar surface area (TPSA) is 93.5 Å². The van der Waals surface area contributed by atoms with Crippen molar-refractivity contribution in [1.29, 1.82) is 0 Å². The largest absolute Gasteiger partial charge is 0.467 e.